The van der Waals surface area contributed by atoms with E-state index in [1.165, 1.54) is 30.8 Å². The van der Waals surface area contributed by atoms with Gasteiger partial charge < -0.3 is 19.2 Å². The Morgan fingerprint density at radius 1 is 1.20 bits per heavy atom. The summed E-state index contributed by atoms with van der Waals surface area (Å²) in [6.07, 6.45) is 7.92. The first-order valence-electron chi connectivity index (χ1n) is 11.1. The van der Waals surface area contributed by atoms with Crippen molar-refractivity contribution in [3.63, 3.8) is 0 Å². The van der Waals surface area contributed by atoms with E-state index in [4.69, 9.17) is 4.74 Å². The van der Waals surface area contributed by atoms with Crippen LogP contribution in [0, 0.1) is 12.8 Å². The maximum atomic E-state index is 13.0. The second-order valence-electron chi connectivity index (χ2n) is 8.84. The van der Waals surface area contributed by atoms with Crippen molar-refractivity contribution >= 4 is 16.8 Å². The van der Waals surface area contributed by atoms with Crippen LogP contribution in [0.4, 0.5) is 0 Å². The second kappa shape index (κ2) is 7.82. The van der Waals surface area contributed by atoms with Gasteiger partial charge in [-0.3, -0.25) is 4.79 Å². The number of hydrogen-bond acceptors (Lipinski definition) is 3. The molecule has 1 saturated carbocycles. The van der Waals surface area contributed by atoms with Gasteiger partial charge in [-0.05, 0) is 63.1 Å². The van der Waals surface area contributed by atoms with E-state index < -0.39 is 0 Å². The third kappa shape index (κ3) is 3.71. The number of H-pyrrole nitrogens is 1. The van der Waals surface area contributed by atoms with Gasteiger partial charge in [0.05, 0.1) is 7.11 Å². The predicted octanol–water partition coefficient (Wildman–Crippen LogP) is 4.50. The molecule has 2 aromatic heterocycles. The number of carbonyl (C=O) groups is 1. The summed E-state index contributed by atoms with van der Waals surface area (Å²) in [7, 11) is 1.65. The first kappa shape index (κ1) is 19.2. The van der Waals surface area contributed by atoms with Crippen LogP contribution in [0.1, 0.15) is 60.0 Å². The summed E-state index contributed by atoms with van der Waals surface area (Å²) in [5.74, 6) is 3.55. The van der Waals surface area contributed by atoms with Crippen molar-refractivity contribution in [2.45, 2.75) is 51.5 Å². The van der Waals surface area contributed by atoms with Gasteiger partial charge in [0.15, 0.2) is 0 Å². The van der Waals surface area contributed by atoms with Gasteiger partial charge in [0, 0.05) is 54.4 Å². The molecule has 0 unspecified atom stereocenters. The SMILES string of the molecule is COc1ccc2cc(C(=O)N3CCC(CCn4c(C)cnc4C4CC4)CC3)[nH]c2c1. The number of carbonyl (C=O) groups excluding carboxylic acids is 1. The fourth-order valence-electron chi connectivity index (χ4n) is 4.69. The Labute approximate surface area is 177 Å². The quantitative estimate of drug-likeness (QED) is 0.655. The van der Waals surface area contributed by atoms with E-state index in [1.54, 1.807) is 7.11 Å². The number of fused-ring (bicyclic) bond motifs is 1. The molecule has 6 heteroatoms. The van der Waals surface area contributed by atoms with Gasteiger partial charge in [0.1, 0.15) is 17.3 Å². The van der Waals surface area contributed by atoms with E-state index in [2.05, 4.69) is 21.5 Å². The molecule has 0 radical (unpaired) electrons. The van der Waals surface area contributed by atoms with Gasteiger partial charge in [-0.1, -0.05) is 0 Å². The minimum atomic E-state index is 0.102. The van der Waals surface area contributed by atoms with E-state index in [-0.39, 0.29) is 5.91 Å². The summed E-state index contributed by atoms with van der Waals surface area (Å²) in [4.78, 5) is 22.9. The minimum absolute atomic E-state index is 0.102. The van der Waals surface area contributed by atoms with Crippen molar-refractivity contribution in [3.8, 4) is 5.75 Å². The van der Waals surface area contributed by atoms with Gasteiger partial charge in [0.25, 0.3) is 5.91 Å². The molecule has 1 saturated heterocycles. The Kier molecular flexibility index (Phi) is 5.01. The van der Waals surface area contributed by atoms with Crippen LogP contribution in [0.3, 0.4) is 0 Å². The zero-order valence-corrected chi connectivity index (χ0v) is 17.9. The van der Waals surface area contributed by atoms with Gasteiger partial charge in [-0.2, -0.15) is 0 Å². The van der Waals surface area contributed by atoms with Crippen molar-refractivity contribution in [1.82, 2.24) is 19.4 Å². The normalized spacial score (nSPS) is 17.6. The summed E-state index contributed by atoms with van der Waals surface area (Å²) in [5.41, 5.74) is 2.88. The number of likely N-dealkylation sites (tertiary alicyclic amines) is 1. The molecule has 3 heterocycles. The maximum absolute atomic E-state index is 13.0. The number of hydrogen-bond donors (Lipinski definition) is 1. The van der Waals surface area contributed by atoms with Gasteiger partial charge >= 0.3 is 0 Å². The highest BCUT2D eigenvalue weighted by Crippen LogP contribution is 2.39. The fourth-order valence-corrected chi connectivity index (χ4v) is 4.69. The van der Waals surface area contributed by atoms with Crippen molar-refractivity contribution < 1.29 is 9.53 Å². The zero-order valence-electron chi connectivity index (χ0n) is 17.9. The Morgan fingerprint density at radius 2 is 2.00 bits per heavy atom. The Morgan fingerprint density at radius 3 is 2.73 bits per heavy atom. The summed E-state index contributed by atoms with van der Waals surface area (Å²) in [5, 5.41) is 1.04. The largest absolute Gasteiger partial charge is 0.497 e. The molecule has 0 bridgehead atoms. The molecular formula is C24H30N4O2. The first-order chi connectivity index (χ1) is 14.6. The lowest BCUT2D eigenvalue weighted by Gasteiger charge is -2.32. The predicted molar refractivity (Wildman–Crippen MR) is 117 cm³/mol. The van der Waals surface area contributed by atoms with Crippen molar-refractivity contribution in [1.29, 1.82) is 0 Å². The summed E-state index contributed by atoms with van der Waals surface area (Å²) >= 11 is 0. The number of aromatic amines is 1. The van der Waals surface area contributed by atoms with Gasteiger partial charge in [0.2, 0.25) is 0 Å². The highest BCUT2D eigenvalue weighted by molar-refractivity contribution is 5.98. The molecule has 1 amide bonds. The Bertz CT molecular complexity index is 1050. The third-order valence-corrected chi connectivity index (χ3v) is 6.75. The standard InChI is InChI=1S/C24H30N4O2/c1-16-15-25-23(18-3-4-18)28(16)12-9-17-7-10-27(11-8-17)24(29)22-13-19-5-6-20(30-2)14-21(19)26-22/h5-6,13-15,17-18,26H,3-4,7-12H2,1-2H3. The number of aromatic nitrogens is 3. The number of aryl methyl sites for hydroxylation is 1. The first-order valence-corrected chi connectivity index (χ1v) is 11.1. The van der Waals surface area contributed by atoms with E-state index in [0.29, 0.717) is 17.5 Å². The van der Waals surface area contributed by atoms with Crippen LogP contribution in [0.15, 0.2) is 30.5 Å². The molecule has 0 atom stereocenters. The number of nitrogens with one attached hydrogen (secondary N) is 1. The molecule has 1 aromatic carbocycles. The minimum Gasteiger partial charge on any atom is -0.497 e. The number of imidazole rings is 1. The number of nitrogens with zero attached hydrogens (tertiary/aromatic N) is 3. The molecule has 0 spiro atoms. The number of benzene rings is 1. The highest BCUT2D eigenvalue weighted by Gasteiger charge is 2.29. The summed E-state index contributed by atoms with van der Waals surface area (Å²) < 4.78 is 7.70. The smallest absolute Gasteiger partial charge is 0.270 e. The second-order valence-corrected chi connectivity index (χ2v) is 8.84. The molecule has 1 aliphatic heterocycles. The average Bonchev–Trinajstić information content (AvgIpc) is 3.42. The summed E-state index contributed by atoms with van der Waals surface area (Å²) in [6.45, 7) is 4.89. The summed E-state index contributed by atoms with van der Waals surface area (Å²) in [6, 6.07) is 7.80. The van der Waals surface area contributed by atoms with Crippen LogP contribution in [0.5, 0.6) is 5.75 Å². The zero-order chi connectivity index (χ0) is 20.7. The molecule has 5 rings (SSSR count). The maximum Gasteiger partial charge on any atom is 0.270 e. The third-order valence-electron chi connectivity index (χ3n) is 6.75. The monoisotopic (exact) mass is 406 g/mol. The van der Waals surface area contributed by atoms with Gasteiger partial charge in [-0.25, -0.2) is 4.98 Å². The Balaban J connectivity index is 1.18. The highest BCUT2D eigenvalue weighted by atomic mass is 16.5. The van der Waals surface area contributed by atoms with Crippen molar-refractivity contribution in [3.05, 3.63) is 47.7 Å². The number of amides is 1. The lowest BCUT2D eigenvalue weighted by atomic mass is 9.93. The fraction of sp³-hybridized carbons (Fsp3) is 0.500. The topological polar surface area (TPSA) is 63.1 Å². The van der Waals surface area contributed by atoms with E-state index in [9.17, 15) is 4.79 Å². The average molecular weight is 407 g/mol. The van der Waals surface area contributed by atoms with Crippen molar-refractivity contribution in [2.24, 2.45) is 5.92 Å². The molecule has 3 aromatic rings. The van der Waals surface area contributed by atoms with Crippen molar-refractivity contribution in [2.75, 3.05) is 20.2 Å². The van der Waals surface area contributed by atoms with Crippen LogP contribution >= 0.6 is 0 Å². The van der Waals surface area contributed by atoms with Gasteiger partial charge in [-0.15, -0.1) is 0 Å². The van der Waals surface area contributed by atoms with Crippen LogP contribution in [-0.2, 0) is 6.54 Å². The number of ether oxygens (including phenoxy) is 1. The van der Waals surface area contributed by atoms with Crippen LogP contribution in [0.2, 0.25) is 0 Å². The Hall–Kier alpha value is -2.76. The lowest BCUT2D eigenvalue weighted by Crippen LogP contribution is -2.38. The van der Waals surface area contributed by atoms with E-state index in [1.807, 2.05) is 35.4 Å². The van der Waals surface area contributed by atoms with Crippen LogP contribution < -0.4 is 4.74 Å². The van der Waals surface area contributed by atoms with E-state index >= 15 is 0 Å². The molecule has 30 heavy (non-hydrogen) atoms. The molecule has 2 aliphatic rings. The van der Waals surface area contributed by atoms with E-state index in [0.717, 1.165) is 49.1 Å². The number of piperidine rings is 1. The van der Waals surface area contributed by atoms with Crippen LogP contribution in [-0.4, -0.2) is 45.5 Å². The molecule has 158 valence electrons. The molecule has 1 N–H and O–H groups in total. The molecular weight excluding hydrogens is 376 g/mol. The lowest BCUT2D eigenvalue weighted by molar-refractivity contribution is 0.0680. The number of rotatable bonds is 6. The number of methoxy groups -OCH3 is 1. The molecule has 2 fully saturated rings. The van der Waals surface area contributed by atoms with Crippen LogP contribution in [0.25, 0.3) is 10.9 Å². The molecule has 1 aliphatic carbocycles. The molecule has 6 nitrogen and oxygen atoms in total.